The molecule has 6 nitrogen and oxygen atoms in total. The van der Waals surface area contributed by atoms with Crippen molar-refractivity contribution in [3.8, 4) is 11.4 Å². The Bertz CT molecular complexity index is 640. The topological polar surface area (TPSA) is 71.8 Å². The lowest BCUT2D eigenvalue weighted by Gasteiger charge is -2.11. The smallest absolute Gasteiger partial charge is 0.290 e. The van der Waals surface area contributed by atoms with Gasteiger partial charge in [0.15, 0.2) is 0 Å². The number of hydrogen-bond acceptors (Lipinski definition) is 5. The Hall–Kier alpha value is -1.92. The molecule has 0 aliphatic rings. The van der Waals surface area contributed by atoms with Crippen LogP contribution in [0.3, 0.4) is 0 Å². The maximum atomic E-state index is 11.9. The van der Waals surface area contributed by atoms with Gasteiger partial charge in [0.25, 0.3) is 0 Å². The Labute approximate surface area is 115 Å². The predicted octanol–water partition coefficient (Wildman–Crippen LogP) is 1.52. The van der Waals surface area contributed by atoms with Crippen molar-refractivity contribution in [2.45, 2.75) is 13.5 Å². The fraction of sp³-hybridized carbons (Fsp3) is 0.250. The van der Waals surface area contributed by atoms with Crippen molar-refractivity contribution in [3.63, 3.8) is 0 Å². The zero-order chi connectivity index (χ0) is 13.8. The van der Waals surface area contributed by atoms with E-state index in [4.69, 9.17) is 11.6 Å². The Morgan fingerprint density at radius 1 is 1.37 bits per heavy atom. The van der Waals surface area contributed by atoms with Gasteiger partial charge in [0.05, 0.1) is 0 Å². The van der Waals surface area contributed by atoms with Crippen molar-refractivity contribution in [1.29, 1.82) is 0 Å². The number of hydrogen-bond donors (Lipinski definition) is 2. The number of nitrogens with zero attached hydrogens (tertiary/aromatic N) is 3. The summed E-state index contributed by atoms with van der Waals surface area (Å²) in [5.74, 6) is 0.759. The third kappa shape index (κ3) is 2.91. The Kier molecular flexibility index (Phi) is 4.13. The Morgan fingerprint density at radius 3 is 2.79 bits per heavy atom. The first-order valence-electron chi connectivity index (χ1n) is 5.83. The summed E-state index contributed by atoms with van der Waals surface area (Å²) in [6, 6.07) is 7.20. The summed E-state index contributed by atoms with van der Waals surface area (Å²) < 4.78 is 1.49. The van der Waals surface area contributed by atoms with E-state index in [0.717, 1.165) is 5.56 Å². The quantitative estimate of drug-likeness (QED) is 0.831. The summed E-state index contributed by atoms with van der Waals surface area (Å²) in [5.41, 5.74) is 5.81. The number of halogens is 1. The number of aromatic nitrogens is 3. The lowest BCUT2D eigenvalue weighted by Crippen LogP contribution is -2.29. The van der Waals surface area contributed by atoms with Crippen LogP contribution in [-0.2, 0) is 6.54 Å². The van der Waals surface area contributed by atoms with E-state index < -0.39 is 0 Å². The molecule has 1 aromatic heterocycles. The molecule has 7 heteroatoms. The normalized spacial score (nSPS) is 10.5. The van der Waals surface area contributed by atoms with E-state index in [9.17, 15) is 4.79 Å². The van der Waals surface area contributed by atoms with Gasteiger partial charge in [-0.15, -0.1) is 0 Å². The number of nitrogens with one attached hydrogen (secondary N) is 2. The lowest BCUT2D eigenvalue weighted by atomic mass is 10.2. The number of anilines is 1. The minimum atomic E-state index is -0.356. The van der Waals surface area contributed by atoms with E-state index >= 15 is 0 Å². The van der Waals surface area contributed by atoms with Crippen LogP contribution < -0.4 is 16.5 Å². The Balaban J connectivity index is 2.62. The van der Waals surface area contributed by atoms with Gasteiger partial charge in [0.1, 0.15) is 5.82 Å². The third-order valence-corrected chi connectivity index (χ3v) is 2.77. The first kappa shape index (κ1) is 13.5. The maximum absolute atomic E-state index is 11.9. The van der Waals surface area contributed by atoms with E-state index in [2.05, 4.69) is 20.8 Å². The molecule has 0 radical (unpaired) electrons. The number of benzene rings is 1. The van der Waals surface area contributed by atoms with Gasteiger partial charge in [-0.05, 0) is 19.1 Å². The van der Waals surface area contributed by atoms with E-state index in [-0.39, 0.29) is 11.6 Å². The first-order valence-corrected chi connectivity index (χ1v) is 6.21. The standard InChI is InChI=1S/C12H14ClN5O/c1-3-18-10(8-5-4-6-9(13)7-8)15-11(17-14-2)16-12(18)19/h4-7,14H,3H2,1-2H3,(H,16,17,19). The molecular formula is C12H14ClN5O. The largest absolute Gasteiger partial charge is 0.352 e. The lowest BCUT2D eigenvalue weighted by molar-refractivity contribution is 0.684. The van der Waals surface area contributed by atoms with Crippen LogP contribution in [0.4, 0.5) is 5.95 Å². The van der Waals surface area contributed by atoms with Crippen LogP contribution in [-0.4, -0.2) is 21.6 Å². The second-order valence-corrected chi connectivity index (χ2v) is 4.22. The molecule has 0 saturated heterocycles. The van der Waals surface area contributed by atoms with Gasteiger partial charge >= 0.3 is 5.69 Å². The van der Waals surface area contributed by atoms with Crippen molar-refractivity contribution in [3.05, 3.63) is 39.8 Å². The highest BCUT2D eigenvalue weighted by atomic mass is 35.5. The highest BCUT2D eigenvalue weighted by Gasteiger charge is 2.11. The number of hydrazine groups is 1. The van der Waals surface area contributed by atoms with Crippen LogP contribution in [0.25, 0.3) is 11.4 Å². The van der Waals surface area contributed by atoms with Crippen molar-refractivity contribution < 1.29 is 0 Å². The van der Waals surface area contributed by atoms with Crippen molar-refractivity contribution in [2.24, 2.45) is 0 Å². The first-order chi connectivity index (χ1) is 9.15. The molecule has 0 aliphatic heterocycles. The molecule has 0 amide bonds. The molecule has 1 aromatic carbocycles. The minimum Gasteiger partial charge on any atom is -0.290 e. The fourth-order valence-corrected chi connectivity index (χ4v) is 1.92. The van der Waals surface area contributed by atoms with Crippen LogP contribution in [0.2, 0.25) is 5.02 Å². The summed E-state index contributed by atoms with van der Waals surface area (Å²) in [6.07, 6.45) is 0. The van der Waals surface area contributed by atoms with E-state index in [1.807, 2.05) is 19.1 Å². The molecule has 0 unspecified atom stereocenters. The van der Waals surface area contributed by atoms with Gasteiger partial charge in [0, 0.05) is 24.2 Å². The predicted molar refractivity (Wildman–Crippen MR) is 75.1 cm³/mol. The highest BCUT2D eigenvalue weighted by molar-refractivity contribution is 6.30. The van der Waals surface area contributed by atoms with Crippen LogP contribution >= 0.6 is 11.6 Å². The van der Waals surface area contributed by atoms with Crippen LogP contribution in [0.15, 0.2) is 29.1 Å². The molecule has 2 N–H and O–H groups in total. The average Bonchev–Trinajstić information content (AvgIpc) is 2.38. The summed E-state index contributed by atoms with van der Waals surface area (Å²) in [7, 11) is 1.67. The second kappa shape index (κ2) is 5.81. The fourth-order valence-electron chi connectivity index (χ4n) is 1.73. The highest BCUT2D eigenvalue weighted by Crippen LogP contribution is 2.20. The molecular weight excluding hydrogens is 266 g/mol. The monoisotopic (exact) mass is 279 g/mol. The van der Waals surface area contributed by atoms with Gasteiger partial charge in [-0.25, -0.2) is 10.2 Å². The Morgan fingerprint density at radius 2 is 2.16 bits per heavy atom. The van der Waals surface area contributed by atoms with Gasteiger partial charge in [0.2, 0.25) is 5.95 Å². The van der Waals surface area contributed by atoms with Crippen LogP contribution in [0.1, 0.15) is 6.92 Å². The minimum absolute atomic E-state index is 0.229. The van der Waals surface area contributed by atoms with Crippen LogP contribution in [0.5, 0.6) is 0 Å². The van der Waals surface area contributed by atoms with E-state index in [1.165, 1.54) is 4.57 Å². The summed E-state index contributed by atoms with van der Waals surface area (Å²) >= 11 is 5.97. The average molecular weight is 280 g/mol. The zero-order valence-electron chi connectivity index (χ0n) is 10.6. The molecule has 100 valence electrons. The zero-order valence-corrected chi connectivity index (χ0v) is 11.4. The maximum Gasteiger partial charge on any atom is 0.352 e. The molecule has 0 fully saturated rings. The van der Waals surface area contributed by atoms with E-state index in [0.29, 0.717) is 17.4 Å². The molecule has 19 heavy (non-hydrogen) atoms. The third-order valence-electron chi connectivity index (χ3n) is 2.54. The SMILES string of the molecule is CCn1c(-c2cccc(Cl)c2)nc(NNC)nc1=O. The van der Waals surface area contributed by atoms with Crippen LogP contribution in [0, 0.1) is 0 Å². The van der Waals surface area contributed by atoms with Gasteiger partial charge in [-0.3, -0.25) is 9.99 Å². The molecule has 1 heterocycles. The van der Waals surface area contributed by atoms with Gasteiger partial charge in [-0.1, -0.05) is 23.7 Å². The molecule has 0 bridgehead atoms. The van der Waals surface area contributed by atoms with Crippen molar-refractivity contribution >= 4 is 17.5 Å². The summed E-state index contributed by atoms with van der Waals surface area (Å²) in [6.45, 7) is 2.35. The number of rotatable bonds is 4. The van der Waals surface area contributed by atoms with Crippen molar-refractivity contribution in [1.82, 2.24) is 20.0 Å². The molecule has 0 aliphatic carbocycles. The van der Waals surface area contributed by atoms with E-state index in [1.54, 1.807) is 19.2 Å². The van der Waals surface area contributed by atoms with Gasteiger partial charge < -0.3 is 0 Å². The molecule has 0 atom stereocenters. The summed E-state index contributed by atoms with van der Waals surface area (Å²) in [4.78, 5) is 20.1. The summed E-state index contributed by atoms with van der Waals surface area (Å²) in [5, 5.41) is 0.592. The van der Waals surface area contributed by atoms with Crippen molar-refractivity contribution in [2.75, 3.05) is 12.5 Å². The second-order valence-electron chi connectivity index (χ2n) is 3.78. The molecule has 0 saturated carbocycles. The van der Waals surface area contributed by atoms with Gasteiger partial charge in [-0.2, -0.15) is 9.97 Å². The molecule has 0 spiro atoms. The molecule has 2 aromatic rings. The molecule has 2 rings (SSSR count).